The minimum atomic E-state index is -0.0117. The lowest BCUT2D eigenvalue weighted by molar-refractivity contribution is 0.102. The van der Waals surface area contributed by atoms with Crippen LogP contribution in [-0.4, -0.2) is 26.0 Å². The maximum atomic E-state index is 11.7. The number of Topliss-reactive ketones (excluding diaryl/α,β-unsaturated/α-hetero) is 1. The lowest BCUT2D eigenvalue weighted by atomic mass is 10.2. The Morgan fingerprint density at radius 1 is 1.42 bits per heavy atom. The molecule has 2 rings (SSSR count). The molecule has 0 saturated carbocycles. The van der Waals surface area contributed by atoms with E-state index in [0.717, 1.165) is 29.9 Å². The van der Waals surface area contributed by atoms with Crippen LogP contribution in [-0.2, 0) is 20.0 Å². The van der Waals surface area contributed by atoms with Gasteiger partial charge in [-0.15, -0.1) is 11.6 Å². The SMILES string of the molecule is Cc1cc(C(=O)CCl)c(C)n1CCc1cnn(C)c1. The average Bonchev–Trinajstić information content (AvgIpc) is 2.91. The number of ketones is 1. The molecule has 102 valence electrons. The van der Waals surface area contributed by atoms with E-state index in [9.17, 15) is 4.79 Å². The third kappa shape index (κ3) is 2.89. The summed E-state index contributed by atoms with van der Waals surface area (Å²) in [5.41, 5.74) is 4.01. The van der Waals surface area contributed by atoms with Crippen LogP contribution < -0.4 is 0 Å². The molecule has 0 aliphatic heterocycles. The molecule has 5 heteroatoms. The number of aromatic nitrogens is 3. The summed E-state index contributed by atoms with van der Waals surface area (Å²) >= 11 is 5.63. The Labute approximate surface area is 118 Å². The van der Waals surface area contributed by atoms with E-state index in [0.29, 0.717) is 0 Å². The second kappa shape index (κ2) is 5.61. The van der Waals surface area contributed by atoms with E-state index >= 15 is 0 Å². The first-order chi connectivity index (χ1) is 9.02. The zero-order valence-electron chi connectivity index (χ0n) is 11.5. The average molecular weight is 280 g/mol. The fourth-order valence-electron chi connectivity index (χ4n) is 2.34. The van der Waals surface area contributed by atoms with Crippen molar-refractivity contribution < 1.29 is 4.79 Å². The van der Waals surface area contributed by atoms with Crippen molar-refractivity contribution in [1.82, 2.24) is 14.3 Å². The molecule has 0 atom stereocenters. The van der Waals surface area contributed by atoms with Crippen LogP contribution in [0.1, 0.15) is 27.3 Å². The van der Waals surface area contributed by atoms with Gasteiger partial charge >= 0.3 is 0 Å². The number of hydrogen-bond donors (Lipinski definition) is 0. The van der Waals surface area contributed by atoms with Crippen molar-refractivity contribution >= 4 is 17.4 Å². The van der Waals surface area contributed by atoms with E-state index in [2.05, 4.69) is 9.67 Å². The molecule has 0 aliphatic carbocycles. The van der Waals surface area contributed by atoms with Crippen molar-refractivity contribution in [2.24, 2.45) is 7.05 Å². The second-order valence-electron chi connectivity index (χ2n) is 4.77. The van der Waals surface area contributed by atoms with Crippen molar-refractivity contribution in [3.8, 4) is 0 Å². The number of hydrogen-bond acceptors (Lipinski definition) is 2. The Morgan fingerprint density at radius 2 is 2.16 bits per heavy atom. The Hall–Kier alpha value is -1.55. The van der Waals surface area contributed by atoms with E-state index in [1.165, 1.54) is 5.56 Å². The first-order valence-electron chi connectivity index (χ1n) is 6.26. The van der Waals surface area contributed by atoms with Gasteiger partial charge in [0.25, 0.3) is 0 Å². The second-order valence-corrected chi connectivity index (χ2v) is 5.03. The van der Waals surface area contributed by atoms with Gasteiger partial charge in [0, 0.05) is 36.7 Å². The third-order valence-electron chi connectivity index (χ3n) is 3.38. The predicted molar refractivity (Wildman–Crippen MR) is 75.9 cm³/mol. The Balaban J connectivity index is 2.16. The molecule has 19 heavy (non-hydrogen) atoms. The highest BCUT2D eigenvalue weighted by atomic mass is 35.5. The first-order valence-corrected chi connectivity index (χ1v) is 6.79. The van der Waals surface area contributed by atoms with Gasteiger partial charge in [-0.2, -0.15) is 5.10 Å². The van der Waals surface area contributed by atoms with Gasteiger partial charge in [-0.05, 0) is 31.9 Å². The molecule has 0 radical (unpaired) electrons. The van der Waals surface area contributed by atoms with Crippen LogP contribution in [0.5, 0.6) is 0 Å². The van der Waals surface area contributed by atoms with Crippen LogP contribution in [0.4, 0.5) is 0 Å². The van der Waals surface area contributed by atoms with Crippen LogP contribution in [0.3, 0.4) is 0 Å². The zero-order valence-corrected chi connectivity index (χ0v) is 12.2. The smallest absolute Gasteiger partial charge is 0.179 e. The molecule has 2 heterocycles. The first kappa shape index (κ1) is 13.9. The van der Waals surface area contributed by atoms with Gasteiger partial charge in [0.05, 0.1) is 12.1 Å². The molecule has 2 aromatic rings. The molecular weight excluding hydrogens is 262 g/mol. The lowest BCUT2D eigenvalue weighted by Crippen LogP contribution is -2.07. The molecule has 0 saturated heterocycles. The highest BCUT2D eigenvalue weighted by Crippen LogP contribution is 2.17. The van der Waals surface area contributed by atoms with Gasteiger partial charge < -0.3 is 4.57 Å². The summed E-state index contributed by atoms with van der Waals surface area (Å²) in [5.74, 6) is 0.0229. The molecular formula is C14H18ClN3O. The number of carbonyl (C=O) groups is 1. The molecule has 0 N–H and O–H groups in total. The molecule has 0 fully saturated rings. The number of rotatable bonds is 5. The summed E-state index contributed by atoms with van der Waals surface area (Å²) < 4.78 is 3.96. The Kier molecular flexibility index (Phi) is 4.10. The van der Waals surface area contributed by atoms with E-state index in [1.54, 1.807) is 4.68 Å². The summed E-state index contributed by atoms with van der Waals surface area (Å²) in [5, 5.41) is 4.16. The molecule has 0 amide bonds. The topological polar surface area (TPSA) is 39.8 Å². The molecule has 2 aromatic heterocycles. The molecule has 0 unspecified atom stereocenters. The summed E-state index contributed by atoms with van der Waals surface area (Å²) in [7, 11) is 1.91. The Morgan fingerprint density at radius 3 is 2.74 bits per heavy atom. The van der Waals surface area contributed by atoms with Gasteiger partial charge in [0.1, 0.15) is 0 Å². The Bertz CT molecular complexity index is 598. The van der Waals surface area contributed by atoms with E-state index in [1.807, 2.05) is 39.4 Å². The highest BCUT2D eigenvalue weighted by Gasteiger charge is 2.14. The van der Waals surface area contributed by atoms with Gasteiger partial charge in [0.15, 0.2) is 5.78 Å². The van der Waals surface area contributed by atoms with Crippen molar-refractivity contribution in [2.75, 3.05) is 5.88 Å². The van der Waals surface area contributed by atoms with E-state index in [4.69, 9.17) is 11.6 Å². The molecule has 0 bridgehead atoms. The summed E-state index contributed by atoms with van der Waals surface area (Å²) in [6.45, 7) is 4.83. The molecule has 0 aromatic carbocycles. The zero-order chi connectivity index (χ0) is 14.0. The lowest BCUT2D eigenvalue weighted by Gasteiger charge is -2.08. The van der Waals surface area contributed by atoms with Crippen LogP contribution in [0.15, 0.2) is 18.5 Å². The number of alkyl halides is 1. The van der Waals surface area contributed by atoms with Crippen molar-refractivity contribution in [1.29, 1.82) is 0 Å². The molecule has 4 nitrogen and oxygen atoms in total. The van der Waals surface area contributed by atoms with Crippen molar-refractivity contribution in [2.45, 2.75) is 26.8 Å². The minimum Gasteiger partial charge on any atom is -0.348 e. The van der Waals surface area contributed by atoms with E-state index < -0.39 is 0 Å². The van der Waals surface area contributed by atoms with Gasteiger partial charge in [0.2, 0.25) is 0 Å². The quantitative estimate of drug-likeness (QED) is 0.623. The maximum absolute atomic E-state index is 11.7. The largest absolute Gasteiger partial charge is 0.348 e. The third-order valence-corrected chi connectivity index (χ3v) is 3.62. The molecule has 0 aliphatic rings. The van der Waals surface area contributed by atoms with Gasteiger partial charge in [-0.3, -0.25) is 9.48 Å². The summed E-state index contributed by atoms with van der Waals surface area (Å²) in [6.07, 6.45) is 4.79. The minimum absolute atomic E-state index is 0.0117. The highest BCUT2D eigenvalue weighted by molar-refractivity contribution is 6.30. The summed E-state index contributed by atoms with van der Waals surface area (Å²) in [4.78, 5) is 11.7. The van der Waals surface area contributed by atoms with Crippen molar-refractivity contribution in [3.05, 3.63) is 41.0 Å². The van der Waals surface area contributed by atoms with Crippen LogP contribution in [0.25, 0.3) is 0 Å². The van der Waals surface area contributed by atoms with Crippen LogP contribution >= 0.6 is 11.6 Å². The maximum Gasteiger partial charge on any atom is 0.179 e. The standard InChI is InChI=1S/C14H18ClN3O/c1-10-6-13(14(19)7-15)11(2)18(10)5-4-12-8-16-17(3)9-12/h6,8-9H,4-5,7H2,1-3H3. The molecule has 0 spiro atoms. The van der Waals surface area contributed by atoms with E-state index in [-0.39, 0.29) is 11.7 Å². The monoisotopic (exact) mass is 279 g/mol. The van der Waals surface area contributed by atoms with Crippen LogP contribution in [0.2, 0.25) is 0 Å². The van der Waals surface area contributed by atoms with Gasteiger partial charge in [-0.1, -0.05) is 0 Å². The number of nitrogens with zero attached hydrogens (tertiary/aromatic N) is 3. The van der Waals surface area contributed by atoms with Crippen LogP contribution in [0, 0.1) is 13.8 Å². The fraction of sp³-hybridized carbons (Fsp3) is 0.429. The number of halogens is 1. The van der Waals surface area contributed by atoms with Gasteiger partial charge in [-0.25, -0.2) is 0 Å². The number of aryl methyl sites for hydroxylation is 3. The van der Waals surface area contributed by atoms with Crippen molar-refractivity contribution in [3.63, 3.8) is 0 Å². The summed E-state index contributed by atoms with van der Waals surface area (Å²) in [6, 6.07) is 1.92. The fourth-order valence-corrected chi connectivity index (χ4v) is 2.49. The normalized spacial score (nSPS) is 10.9. The number of carbonyl (C=O) groups excluding carboxylic acids is 1. The predicted octanol–water partition coefficient (Wildman–Crippen LogP) is 2.50.